The molecule has 0 spiro atoms. The summed E-state index contributed by atoms with van der Waals surface area (Å²) < 4.78 is 1.30. The standard InChI is InChI=1S/C23H17N5O5S/c29-20(25-26-21(30)15-7-3-1-4-8-15)14-34-23-24-19-12-11-17(28(32)33)13-18(19)22(31)27(23)16-9-5-2-6-10-16/h1-13H,14H2,(H,25,29)(H,26,30). The summed E-state index contributed by atoms with van der Waals surface area (Å²) in [5.74, 6) is -1.12. The Kier molecular flexibility index (Phi) is 6.64. The average molecular weight is 475 g/mol. The number of thioether (sulfide) groups is 1. The average Bonchev–Trinajstić information content (AvgIpc) is 2.86. The van der Waals surface area contributed by atoms with Crippen molar-refractivity contribution < 1.29 is 14.5 Å². The Hall–Kier alpha value is -4.51. The van der Waals surface area contributed by atoms with Gasteiger partial charge in [0.25, 0.3) is 17.2 Å². The van der Waals surface area contributed by atoms with E-state index in [2.05, 4.69) is 15.8 Å². The zero-order valence-electron chi connectivity index (χ0n) is 17.5. The van der Waals surface area contributed by atoms with Crippen molar-refractivity contribution in [2.75, 3.05) is 5.75 Å². The first-order valence-corrected chi connectivity index (χ1v) is 11.0. The molecule has 3 aromatic carbocycles. The highest BCUT2D eigenvalue weighted by Gasteiger charge is 2.17. The van der Waals surface area contributed by atoms with Gasteiger partial charge >= 0.3 is 0 Å². The molecule has 34 heavy (non-hydrogen) atoms. The molecule has 0 radical (unpaired) electrons. The quantitative estimate of drug-likeness (QED) is 0.189. The summed E-state index contributed by atoms with van der Waals surface area (Å²) in [6, 6.07) is 20.9. The minimum absolute atomic E-state index is 0.0852. The molecule has 4 aromatic rings. The third-order valence-corrected chi connectivity index (χ3v) is 5.67. The van der Waals surface area contributed by atoms with E-state index in [1.54, 1.807) is 60.7 Å². The predicted octanol–water partition coefficient (Wildman–Crippen LogP) is 2.85. The van der Waals surface area contributed by atoms with Gasteiger partial charge in [-0.25, -0.2) is 4.98 Å². The lowest BCUT2D eigenvalue weighted by atomic mass is 10.2. The van der Waals surface area contributed by atoms with E-state index in [4.69, 9.17) is 0 Å². The van der Waals surface area contributed by atoms with Crippen LogP contribution in [-0.2, 0) is 4.79 Å². The van der Waals surface area contributed by atoms with Gasteiger partial charge in [0.15, 0.2) is 5.16 Å². The van der Waals surface area contributed by atoms with Crippen LogP contribution in [0.2, 0.25) is 0 Å². The highest BCUT2D eigenvalue weighted by Crippen LogP contribution is 2.23. The Morgan fingerprint density at radius 1 is 0.971 bits per heavy atom. The third-order valence-electron chi connectivity index (χ3n) is 4.73. The van der Waals surface area contributed by atoms with Crippen molar-refractivity contribution in [1.82, 2.24) is 20.4 Å². The zero-order valence-corrected chi connectivity index (χ0v) is 18.3. The van der Waals surface area contributed by atoms with Crippen molar-refractivity contribution in [3.05, 3.63) is 105 Å². The molecule has 1 heterocycles. The molecule has 0 aliphatic rings. The molecule has 0 aliphatic carbocycles. The second-order valence-electron chi connectivity index (χ2n) is 6.99. The molecule has 2 amide bonds. The smallest absolute Gasteiger partial charge is 0.270 e. The number of aromatic nitrogens is 2. The summed E-state index contributed by atoms with van der Waals surface area (Å²) in [6.45, 7) is 0. The van der Waals surface area contributed by atoms with Crippen LogP contribution in [0.15, 0.2) is 88.8 Å². The Labute approximate surface area is 196 Å². The van der Waals surface area contributed by atoms with Gasteiger partial charge in [0.1, 0.15) is 0 Å². The highest BCUT2D eigenvalue weighted by molar-refractivity contribution is 7.99. The van der Waals surface area contributed by atoms with Crippen molar-refractivity contribution in [3.63, 3.8) is 0 Å². The summed E-state index contributed by atoms with van der Waals surface area (Å²) in [5.41, 5.74) is 5.09. The van der Waals surface area contributed by atoms with Crippen molar-refractivity contribution in [2.24, 2.45) is 0 Å². The largest absolute Gasteiger partial charge is 0.272 e. The molecular formula is C23H17N5O5S. The summed E-state index contributed by atoms with van der Waals surface area (Å²) in [7, 11) is 0. The topological polar surface area (TPSA) is 136 Å². The minimum Gasteiger partial charge on any atom is -0.272 e. The molecule has 0 aliphatic heterocycles. The maximum absolute atomic E-state index is 13.3. The summed E-state index contributed by atoms with van der Waals surface area (Å²) in [6.07, 6.45) is 0. The number of nitrogens with zero attached hydrogens (tertiary/aromatic N) is 3. The molecule has 0 bridgehead atoms. The number of amides is 2. The number of nitro benzene ring substituents is 1. The van der Waals surface area contributed by atoms with Crippen molar-refractivity contribution in [3.8, 4) is 5.69 Å². The third kappa shape index (κ3) is 4.94. The van der Waals surface area contributed by atoms with Gasteiger partial charge in [-0.2, -0.15) is 0 Å². The molecule has 2 N–H and O–H groups in total. The maximum Gasteiger partial charge on any atom is 0.270 e. The number of hydrogen-bond donors (Lipinski definition) is 2. The number of rotatable bonds is 6. The van der Waals surface area contributed by atoms with Crippen LogP contribution in [0.3, 0.4) is 0 Å². The number of hydrogen-bond acceptors (Lipinski definition) is 7. The molecular weight excluding hydrogens is 458 g/mol. The lowest BCUT2D eigenvalue weighted by Gasteiger charge is -2.13. The molecule has 0 saturated carbocycles. The number of nitrogens with one attached hydrogen (secondary N) is 2. The molecule has 0 fully saturated rings. The second-order valence-corrected chi connectivity index (χ2v) is 7.93. The Morgan fingerprint density at radius 2 is 1.65 bits per heavy atom. The van der Waals surface area contributed by atoms with Crippen LogP contribution in [0.1, 0.15) is 10.4 Å². The maximum atomic E-state index is 13.3. The molecule has 11 heteroatoms. The zero-order chi connectivity index (χ0) is 24.1. The molecule has 0 unspecified atom stereocenters. The second kappa shape index (κ2) is 9.96. The van der Waals surface area contributed by atoms with E-state index in [1.807, 2.05) is 0 Å². The highest BCUT2D eigenvalue weighted by atomic mass is 32.2. The normalized spacial score (nSPS) is 10.6. The van der Waals surface area contributed by atoms with Crippen LogP contribution in [0, 0.1) is 10.1 Å². The Balaban J connectivity index is 1.59. The monoisotopic (exact) mass is 475 g/mol. The van der Waals surface area contributed by atoms with Crippen LogP contribution < -0.4 is 16.4 Å². The number of fused-ring (bicyclic) bond motifs is 1. The molecule has 4 rings (SSSR count). The van der Waals surface area contributed by atoms with Crippen molar-refractivity contribution >= 4 is 40.2 Å². The molecule has 0 atom stereocenters. The van der Waals surface area contributed by atoms with E-state index >= 15 is 0 Å². The lowest BCUT2D eigenvalue weighted by molar-refractivity contribution is -0.384. The first kappa shape index (κ1) is 22.7. The van der Waals surface area contributed by atoms with Gasteiger partial charge in [-0.1, -0.05) is 48.2 Å². The molecule has 0 saturated heterocycles. The minimum atomic E-state index is -0.581. The van der Waals surface area contributed by atoms with Gasteiger partial charge in [-0.05, 0) is 30.3 Å². The Morgan fingerprint density at radius 3 is 2.32 bits per heavy atom. The summed E-state index contributed by atoms with van der Waals surface area (Å²) >= 11 is 0.992. The van der Waals surface area contributed by atoms with E-state index in [0.29, 0.717) is 11.3 Å². The predicted molar refractivity (Wildman–Crippen MR) is 127 cm³/mol. The fourth-order valence-electron chi connectivity index (χ4n) is 3.12. The Bertz CT molecular complexity index is 1440. The first-order valence-electron chi connectivity index (χ1n) is 9.97. The molecule has 1 aromatic heterocycles. The SMILES string of the molecule is O=C(CSc1nc2ccc([N+](=O)[O-])cc2c(=O)n1-c1ccccc1)NNC(=O)c1ccccc1. The number of benzene rings is 3. The van der Waals surface area contributed by atoms with Gasteiger partial charge in [0.05, 0.1) is 27.3 Å². The van der Waals surface area contributed by atoms with Crippen LogP contribution in [-0.4, -0.2) is 32.0 Å². The van der Waals surface area contributed by atoms with Gasteiger partial charge in [-0.3, -0.25) is 39.9 Å². The van der Waals surface area contributed by atoms with Crippen LogP contribution in [0.4, 0.5) is 5.69 Å². The fraction of sp³-hybridized carbons (Fsp3) is 0.0435. The van der Waals surface area contributed by atoms with E-state index in [1.165, 1.54) is 22.8 Å². The molecule has 170 valence electrons. The number of nitro groups is 1. The first-order chi connectivity index (χ1) is 16.4. The van der Waals surface area contributed by atoms with Gasteiger partial charge in [0.2, 0.25) is 5.91 Å². The van der Waals surface area contributed by atoms with Gasteiger partial charge < -0.3 is 0 Å². The van der Waals surface area contributed by atoms with Crippen molar-refractivity contribution in [1.29, 1.82) is 0 Å². The van der Waals surface area contributed by atoms with Gasteiger partial charge in [-0.15, -0.1) is 0 Å². The summed E-state index contributed by atoms with van der Waals surface area (Å²) in [5, 5.41) is 11.5. The van der Waals surface area contributed by atoms with Gasteiger partial charge in [0, 0.05) is 17.7 Å². The number of carbonyl (C=O) groups is 2. The van der Waals surface area contributed by atoms with E-state index in [-0.39, 0.29) is 27.5 Å². The number of para-hydroxylation sites is 1. The summed E-state index contributed by atoms with van der Waals surface area (Å²) in [4.78, 5) is 52.7. The lowest BCUT2D eigenvalue weighted by Crippen LogP contribution is -2.42. The molecule has 10 nitrogen and oxygen atoms in total. The van der Waals surface area contributed by atoms with Crippen molar-refractivity contribution in [2.45, 2.75) is 5.16 Å². The van der Waals surface area contributed by atoms with E-state index in [9.17, 15) is 24.5 Å². The number of non-ortho nitro benzene ring substituents is 1. The number of carbonyl (C=O) groups excluding carboxylic acids is 2. The van der Waals surface area contributed by atoms with Crippen LogP contribution >= 0.6 is 11.8 Å². The van der Waals surface area contributed by atoms with Crippen LogP contribution in [0.5, 0.6) is 0 Å². The van der Waals surface area contributed by atoms with E-state index < -0.39 is 22.3 Å². The number of hydrazine groups is 1. The fourth-order valence-corrected chi connectivity index (χ4v) is 3.94. The van der Waals surface area contributed by atoms with E-state index in [0.717, 1.165) is 11.8 Å². The van der Waals surface area contributed by atoms with Crippen LogP contribution in [0.25, 0.3) is 16.6 Å².